The number of carbonyl (C=O) groups excluding carboxylic acids is 3. The standard InChI is InChI=1S/C9H18N2O2.C9H16N2O2/c2*1-10-6-9(13)11-4-2-8(7-12)3-5-11/h8,10,12H,2-7H2,1H3;7-8,10H,2-6H2,1H3. The zero-order valence-electron chi connectivity index (χ0n) is 16.1. The first kappa shape index (κ1) is 22.5. The zero-order valence-corrected chi connectivity index (χ0v) is 16.1. The molecule has 0 spiro atoms. The Kier molecular flexibility index (Phi) is 11.1. The van der Waals surface area contributed by atoms with E-state index in [0.717, 1.165) is 58.1 Å². The summed E-state index contributed by atoms with van der Waals surface area (Å²) < 4.78 is 0. The Hall–Kier alpha value is -1.51. The first-order chi connectivity index (χ1) is 12.5. The summed E-state index contributed by atoms with van der Waals surface area (Å²) in [5.41, 5.74) is 0. The third-order valence-electron chi connectivity index (χ3n) is 4.97. The highest BCUT2D eigenvalue weighted by Crippen LogP contribution is 2.16. The van der Waals surface area contributed by atoms with Crippen molar-refractivity contribution in [3.05, 3.63) is 0 Å². The van der Waals surface area contributed by atoms with Crippen LogP contribution in [0.2, 0.25) is 0 Å². The quantitative estimate of drug-likeness (QED) is 0.523. The van der Waals surface area contributed by atoms with Gasteiger partial charge in [0.2, 0.25) is 11.8 Å². The smallest absolute Gasteiger partial charge is 0.236 e. The maximum atomic E-state index is 11.4. The summed E-state index contributed by atoms with van der Waals surface area (Å²) in [6.07, 6.45) is 4.51. The van der Waals surface area contributed by atoms with Crippen LogP contribution >= 0.6 is 0 Å². The van der Waals surface area contributed by atoms with Gasteiger partial charge in [-0.3, -0.25) is 9.59 Å². The van der Waals surface area contributed by atoms with E-state index in [1.165, 1.54) is 0 Å². The first-order valence-corrected chi connectivity index (χ1v) is 9.46. The molecule has 8 nitrogen and oxygen atoms in total. The van der Waals surface area contributed by atoms with Crippen LogP contribution in [0.15, 0.2) is 0 Å². The molecule has 0 bridgehead atoms. The molecule has 2 heterocycles. The highest BCUT2D eigenvalue weighted by atomic mass is 16.3. The van der Waals surface area contributed by atoms with E-state index < -0.39 is 0 Å². The second kappa shape index (κ2) is 12.8. The van der Waals surface area contributed by atoms with Crippen LogP contribution in [-0.2, 0) is 14.4 Å². The molecule has 0 aromatic carbocycles. The van der Waals surface area contributed by atoms with E-state index in [1.807, 2.05) is 9.80 Å². The molecule has 0 aromatic rings. The van der Waals surface area contributed by atoms with Crippen LogP contribution in [-0.4, -0.2) is 93.0 Å². The van der Waals surface area contributed by atoms with Gasteiger partial charge in [0.1, 0.15) is 6.29 Å². The second-order valence-corrected chi connectivity index (χ2v) is 6.92. The highest BCUT2D eigenvalue weighted by Gasteiger charge is 2.22. The van der Waals surface area contributed by atoms with Crippen molar-refractivity contribution in [2.24, 2.45) is 11.8 Å². The number of nitrogens with one attached hydrogen (secondary N) is 2. The van der Waals surface area contributed by atoms with Gasteiger partial charge in [0, 0.05) is 38.7 Å². The van der Waals surface area contributed by atoms with Crippen molar-refractivity contribution in [3.63, 3.8) is 0 Å². The van der Waals surface area contributed by atoms with E-state index in [4.69, 9.17) is 5.11 Å². The van der Waals surface area contributed by atoms with Crippen molar-refractivity contribution in [1.82, 2.24) is 20.4 Å². The summed E-state index contributed by atoms with van der Waals surface area (Å²) in [6.45, 7) is 4.12. The van der Waals surface area contributed by atoms with Gasteiger partial charge in [-0.1, -0.05) is 0 Å². The molecule has 2 amide bonds. The Morgan fingerprint density at radius 3 is 1.69 bits per heavy atom. The summed E-state index contributed by atoms with van der Waals surface area (Å²) in [5.74, 6) is 0.864. The fourth-order valence-corrected chi connectivity index (χ4v) is 3.18. The Bertz CT molecular complexity index is 431. The van der Waals surface area contributed by atoms with E-state index in [2.05, 4.69) is 10.6 Å². The number of aldehydes is 1. The molecule has 2 aliphatic heterocycles. The van der Waals surface area contributed by atoms with Crippen LogP contribution in [0, 0.1) is 11.8 Å². The normalized spacial score (nSPS) is 18.9. The Labute approximate surface area is 156 Å². The number of nitrogens with zero attached hydrogens (tertiary/aromatic N) is 2. The number of likely N-dealkylation sites (tertiary alicyclic amines) is 2. The van der Waals surface area contributed by atoms with E-state index >= 15 is 0 Å². The van der Waals surface area contributed by atoms with Gasteiger partial charge in [0.25, 0.3) is 0 Å². The van der Waals surface area contributed by atoms with Crippen LogP contribution in [0.25, 0.3) is 0 Å². The molecule has 0 aromatic heterocycles. The van der Waals surface area contributed by atoms with Crippen LogP contribution in [0.4, 0.5) is 0 Å². The molecule has 26 heavy (non-hydrogen) atoms. The molecule has 2 aliphatic rings. The molecule has 0 atom stereocenters. The molecule has 2 fully saturated rings. The number of likely N-dealkylation sites (N-methyl/N-ethyl adjacent to an activating group) is 2. The number of aliphatic hydroxyl groups is 1. The van der Waals surface area contributed by atoms with E-state index in [-0.39, 0.29) is 24.3 Å². The van der Waals surface area contributed by atoms with Crippen molar-refractivity contribution in [3.8, 4) is 0 Å². The average molecular weight is 370 g/mol. The molecule has 3 N–H and O–H groups in total. The van der Waals surface area contributed by atoms with Crippen molar-refractivity contribution in [2.75, 3.05) is 60.0 Å². The lowest BCUT2D eigenvalue weighted by Gasteiger charge is -2.31. The first-order valence-electron chi connectivity index (χ1n) is 9.46. The lowest BCUT2D eigenvalue weighted by Crippen LogP contribution is -2.42. The number of piperidine rings is 2. The van der Waals surface area contributed by atoms with Crippen LogP contribution in [0.5, 0.6) is 0 Å². The maximum Gasteiger partial charge on any atom is 0.236 e. The Balaban J connectivity index is 0.000000260. The van der Waals surface area contributed by atoms with Gasteiger partial charge >= 0.3 is 0 Å². The third-order valence-corrected chi connectivity index (χ3v) is 4.97. The van der Waals surface area contributed by atoms with Gasteiger partial charge < -0.3 is 30.3 Å². The lowest BCUT2D eigenvalue weighted by atomic mass is 9.98. The second-order valence-electron chi connectivity index (χ2n) is 6.92. The number of aliphatic hydroxyl groups excluding tert-OH is 1. The molecule has 0 aliphatic carbocycles. The Morgan fingerprint density at radius 2 is 1.35 bits per heavy atom. The number of rotatable bonds is 6. The van der Waals surface area contributed by atoms with Gasteiger partial charge in [-0.05, 0) is 45.7 Å². The minimum absolute atomic E-state index is 0.131. The largest absolute Gasteiger partial charge is 0.396 e. The third kappa shape index (κ3) is 7.80. The SMILES string of the molecule is CNCC(=O)N1CCC(C=O)CC1.CNCC(=O)N1CCC(CO)CC1. The summed E-state index contributed by atoms with van der Waals surface area (Å²) in [7, 11) is 3.54. The number of carbonyl (C=O) groups is 3. The highest BCUT2D eigenvalue weighted by molar-refractivity contribution is 5.78. The summed E-state index contributed by atoms with van der Waals surface area (Å²) in [5, 5.41) is 14.6. The van der Waals surface area contributed by atoms with Gasteiger partial charge in [-0.15, -0.1) is 0 Å². The lowest BCUT2D eigenvalue weighted by molar-refractivity contribution is -0.132. The van der Waals surface area contributed by atoms with E-state index in [9.17, 15) is 14.4 Å². The van der Waals surface area contributed by atoms with Crippen molar-refractivity contribution >= 4 is 18.1 Å². The Morgan fingerprint density at radius 1 is 0.923 bits per heavy atom. The fraction of sp³-hybridized carbons (Fsp3) is 0.833. The van der Waals surface area contributed by atoms with Crippen molar-refractivity contribution in [1.29, 1.82) is 0 Å². The molecule has 2 saturated heterocycles. The minimum Gasteiger partial charge on any atom is -0.396 e. The predicted molar refractivity (Wildman–Crippen MR) is 99.6 cm³/mol. The molecule has 8 heteroatoms. The number of hydrogen-bond acceptors (Lipinski definition) is 6. The zero-order chi connectivity index (χ0) is 19.4. The molecule has 0 unspecified atom stereocenters. The van der Waals surface area contributed by atoms with Crippen LogP contribution < -0.4 is 10.6 Å². The van der Waals surface area contributed by atoms with Crippen LogP contribution in [0.1, 0.15) is 25.7 Å². The van der Waals surface area contributed by atoms with E-state index in [0.29, 0.717) is 19.0 Å². The minimum atomic E-state index is 0.131. The summed E-state index contributed by atoms with van der Waals surface area (Å²) in [4.78, 5) is 36.9. The van der Waals surface area contributed by atoms with Crippen molar-refractivity contribution in [2.45, 2.75) is 25.7 Å². The van der Waals surface area contributed by atoms with Gasteiger partial charge in [0.05, 0.1) is 13.1 Å². The topological polar surface area (TPSA) is 102 Å². The predicted octanol–water partition coefficient (Wildman–Crippen LogP) is -0.920. The number of amides is 2. The molecular weight excluding hydrogens is 336 g/mol. The molecular formula is C18H34N4O4. The average Bonchev–Trinajstić information content (AvgIpc) is 2.69. The van der Waals surface area contributed by atoms with Crippen LogP contribution in [0.3, 0.4) is 0 Å². The summed E-state index contributed by atoms with van der Waals surface area (Å²) in [6, 6.07) is 0. The summed E-state index contributed by atoms with van der Waals surface area (Å²) >= 11 is 0. The molecule has 0 saturated carbocycles. The molecule has 0 radical (unpaired) electrons. The van der Waals surface area contributed by atoms with E-state index in [1.54, 1.807) is 14.1 Å². The molecule has 2 rings (SSSR count). The van der Waals surface area contributed by atoms with Gasteiger partial charge in [0.15, 0.2) is 0 Å². The maximum absolute atomic E-state index is 11.4. The monoisotopic (exact) mass is 370 g/mol. The van der Waals surface area contributed by atoms with Crippen molar-refractivity contribution < 1.29 is 19.5 Å². The van der Waals surface area contributed by atoms with Gasteiger partial charge in [-0.2, -0.15) is 0 Å². The fourth-order valence-electron chi connectivity index (χ4n) is 3.18. The number of hydrogen-bond donors (Lipinski definition) is 3. The molecule has 150 valence electrons. The van der Waals surface area contributed by atoms with Gasteiger partial charge in [-0.25, -0.2) is 0 Å².